The number of esters is 1. The van der Waals surface area contributed by atoms with E-state index in [1.165, 1.54) is 6.07 Å². The Hall–Kier alpha value is -1.29. The Kier molecular flexibility index (Phi) is 5.91. The fourth-order valence-electron chi connectivity index (χ4n) is 1.64. The zero-order chi connectivity index (χ0) is 19.8. The highest BCUT2D eigenvalue weighted by molar-refractivity contribution is 14.1. The largest absolute Gasteiger partial charge is 0.438 e. The van der Waals surface area contributed by atoms with Gasteiger partial charge in [-0.15, -0.1) is 0 Å². The van der Waals surface area contributed by atoms with E-state index < -0.39 is 51.0 Å². The zero-order valence-electron chi connectivity index (χ0n) is 11.7. The van der Waals surface area contributed by atoms with Gasteiger partial charge in [0.05, 0.1) is 5.56 Å². The smallest absolute Gasteiger partial charge is 0.435 e. The van der Waals surface area contributed by atoms with Crippen LogP contribution in [0.25, 0.3) is 0 Å². The third kappa shape index (κ3) is 4.87. The first-order valence-electron chi connectivity index (χ1n) is 5.87. The van der Waals surface area contributed by atoms with Gasteiger partial charge in [0.15, 0.2) is 0 Å². The van der Waals surface area contributed by atoms with Crippen molar-refractivity contribution in [3.05, 3.63) is 27.3 Å². The molecule has 1 aromatic rings. The van der Waals surface area contributed by atoms with Gasteiger partial charge in [0.1, 0.15) is 5.75 Å². The topological polar surface area (TPSA) is 107 Å². The molecule has 1 aromatic carbocycles. The number of nitrogens with two attached hydrogens (primary N) is 1. The van der Waals surface area contributed by atoms with Crippen molar-refractivity contribution in [1.29, 1.82) is 0 Å². The van der Waals surface area contributed by atoms with E-state index in [0.29, 0.717) is 0 Å². The second-order valence-electron chi connectivity index (χ2n) is 4.67. The van der Waals surface area contributed by atoms with Gasteiger partial charge in [-0.2, -0.15) is 34.8 Å². The molecule has 0 radical (unpaired) electrons. The number of benzene rings is 1. The molecule has 14 heteroatoms. The van der Waals surface area contributed by atoms with Gasteiger partial charge in [0.2, 0.25) is 0 Å². The summed E-state index contributed by atoms with van der Waals surface area (Å²) in [4.78, 5) is 11.8. The molecular formula is C11H8F6INO5S. The van der Waals surface area contributed by atoms with Gasteiger partial charge in [0.25, 0.3) is 10.1 Å². The Morgan fingerprint density at radius 2 is 1.64 bits per heavy atom. The summed E-state index contributed by atoms with van der Waals surface area (Å²) >= 11 is 1.60. The average molecular weight is 507 g/mol. The van der Waals surface area contributed by atoms with Crippen LogP contribution in [0, 0.1) is 3.57 Å². The van der Waals surface area contributed by atoms with Crippen molar-refractivity contribution in [2.45, 2.75) is 18.0 Å². The number of ether oxygens (including phenoxy) is 1. The summed E-state index contributed by atoms with van der Waals surface area (Å²) in [6.45, 7) is 0. The van der Waals surface area contributed by atoms with Crippen molar-refractivity contribution in [2.24, 2.45) is 0 Å². The van der Waals surface area contributed by atoms with Gasteiger partial charge in [-0.05, 0) is 40.8 Å². The van der Waals surface area contributed by atoms with Gasteiger partial charge in [-0.1, -0.05) is 0 Å². The van der Waals surface area contributed by atoms with E-state index >= 15 is 0 Å². The molecule has 0 heterocycles. The predicted octanol–water partition coefficient (Wildman–Crippen LogP) is 2.78. The minimum absolute atomic E-state index is 0.234. The summed E-state index contributed by atoms with van der Waals surface area (Å²) in [6.07, 6.45) is -12.8. The highest BCUT2D eigenvalue weighted by Gasteiger charge is 2.76. The number of hydrogen-bond acceptors (Lipinski definition) is 5. The van der Waals surface area contributed by atoms with E-state index in [4.69, 9.17) is 10.3 Å². The zero-order valence-corrected chi connectivity index (χ0v) is 14.6. The van der Waals surface area contributed by atoms with Crippen molar-refractivity contribution < 1.29 is 48.8 Å². The molecule has 0 spiro atoms. The van der Waals surface area contributed by atoms with E-state index in [2.05, 4.69) is 4.74 Å². The number of anilines is 1. The molecule has 142 valence electrons. The Morgan fingerprint density at radius 1 is 1.16 bits per heavy atom. The monoisotopic (exact) mass is 507 g/mol. The van der Waals surface area contributed by atoms with Crippen LogP contribution in [0.4, 0.5) is 32.0 Å². The predicted molar refractivity (Wildman–Crippen MR) is 80.2 cm³/mol. The van der Waals surface area contributed by atoms with E-state index in [-0.39, 0.29) is 3.57 Å². The maximum atomic E-state index is 13.1. The summed E-state index contributed by atoms with van der Waals surface area (Å²) in [7, 11) is -5.84. The fraction of sp³-hybridized carbons (Fsp3) is 0.364. The number of nitrogen functional groups attached to an aromatic ring is 1. The number of alkyl halides is 6. The van der Waals surface area contributed by atoms with Crippen LogP contribution in [0.5, 0.6) is 0 Å². The number of carbonyl (C=O) groups excluding carboxylic acids is 1. The van der Waals surface area contributed by atoms with Crippen LogP contribution < -0.4 is 5.73 Å². The molecule has 0 saturated carbocycles. The third-order valence-corrected chi connectivity index (χ3v) is 4.25. The summed E-state index contributed by atoms with van der Waals surface area (Å²) in [5.41, 5.74) is -1.48. The van der Waals surface area contributed by atoms with Crippen LogP contribution in [0.15, 0.2) is 18.2 Å². The minimum Gasteiger partial charge on any atom is -0.435 e. The summed E-state index contributed by atoms with van der Waals surface area (Å²) < 4.78 is 112. The lowest BCUT2D eigenvalue weighted by Gasteiger charge is -2.35. The number of halogens is 7. The fourth-order valence-corrected chi connectivity index (χ4v) is 3.04. The van der Waals surface area contributed by atoms with Crippen LogP contribution in [0.2, 0.25) is 0 Å². The van der Waals surface area contributed by atoms with Crippen molar-refractivity contribution in [1.82, 2.24) is 0 Å². The van der Waals surface area contributed by atoms with Gasteiger partial charge in [-0.25, -0.2) is 4.79 Å². The molecule has 3 N–H and O–H groups in total. The van der Waals surface area contributed by atoms with Gasteiger partial charge in [0, 0.05) is 9.26 Å². The molecule has 0 saturated heterocycles. The molecule has 1 rings (SSSR count). The minimum atomic E-state index is -6.40. The van der Waals surface area contributed by atoms with Gasteiger partial charge >= 0.3 is 23.9 Å². The number of carbonyl (C=O) groups is 1. The summed E-state index contributed by atoms with van der Waals surface area (Å²) in [5.74, 6) is -5.11. The molecule has 0 atom stereocenters. The molecule has 0 aliphatic rings. The van der Waals surface area contributed by atoms with Crippen molar-refractivity contribution in [3.63, 3.8) is 0 Å². The van der Waals surface area contributed by atoms with Gasteiger partial charge < -0.3 is 10.5 Å². The molecular weight excluding hydrogens is 499 g/mol. The second-order valence-corrected chi connectivity index (χ2v) is 7.37. The molecule has 0 aliphatic heterocycles. The molecule has 25 heavy (non-hydrogen) atoms. The lowest BCUT2D eigenvalue weighted by Crippen LogP contribution is -2.63. The van der Waals surface area contributed by atoms with Crippen LogP contribution in [-0.4, -0.2) is 42.6 Å². The molecule has 0 amide bonds. The quantitative estimate of drug-likeness (QED) is 0.214. The number of hydrogen-bond donors (Lipinski definition) is 2. The molecule has 0 fully saturated rings. The first-order valence-corrected chi connectivity index (χ1v) is 8.56. The van der Waals surface area contributed by atoms with Crippen LogP contribution in [0.3, 0.4) is 0 Å². The summed E-state index contributed by atoms with van der Waals surface area (Å²) in [6, 6.07) is 3.19. The Labute approximate surface area is 150 Å². The van der Waals surface area contributed by atoms with Crippen LogP contribution >= 0.6 is 22.6 Å². The Balaban J connectivity index is 3.53. The van der Waals surface area contributed by atoms with E-state index in [9.17, 15) is 39.6 Å². The highest BCUT2D eigenvalue weighted by Crippen LogP contribution is 2.47. The first kappa shape index (κ1) is 21.8. The lowest BCUT2D eigenvalue weighted by atomic mass is 10.0. The van der Waals surface area contributed by atoms with Crippen molar-refractivity contribution >= 4 is 44.4 Å². The Morgan fingerprint density at radius 3 is 2.04 bits per heavy atom. The Bertz CT molecular complexity index is 762. The van der Waals surface area contributed by atoms with E-state index in [1.54, 1.807) is 22.6 Å². The standard InChI is InChI=1S/C11H8F6INO5S/c12-10(13,14)9(11(15,16)17,4-25(21,22)23)24-8(20)6-3-5(18)1-2-7(6)19/h1-3H,4,19H2,(H,21,22,23). The van der Waals surface area contributed by atoms with Crippen LogP contribution in [0.1, 0.15) is 10.4 Å². The van der Waals surface area contributed by atoms with E-state index in [0.717, 1.165) is 12.1 Å². The van der Waals surface area contributed by atoms with Crippen molar-refractivity contribution in [2.75, 3.05) is 11.5 Å². The molecule has 0 aromatic heterocycles. The molecule has 0 bridgehead atoms. The number of rotatable bonds is 4. The first-order chi connectivity index (χ1) is 11.0. The maximum Gasteiger partial charge on any atom is 0.438 e. The lowest BCUT2D eigenvalue weighted by molar-refractivity contribution is -0.356. The highest BCUT2D eigenvalue weighted by atomic mass is 127. The SMILES string of the molecule is Nc1ccc(I)cc1C(=O)OC(CS(=O)(=O)O)(C(F)(F)F)C(F)(F)F. The molecule has 0 aliphatic carbocycles. The van der Waals surface area contributed by atoms with Gasteiger partial charge in [-0.3, -0.25) is 4.55 Å². The van der Waals surface area contributed by atoms with Crippen molar-refractivity contribution in [3.8, 4) is 0 Å². The third-order valence-electron chi connectivity index (χ3n) is 2.80. The normalized spacial score (nSPS) is 13.6. The van der Waals surface area contributed by atoms with Crippen LogP contribution in [-0.2, 0) is 14.9 Å². The maximum absolute atomic E-state index is 13.1. The molecule has 6 nitrogen and oxygen atoms in total. The molecule has 0 unspecified atom stereocenters. The second kappa shape index (κ2) is 6.79. The van der Waals surface area contributed by atoms with E-state index in [1.807, 2.05) is 0 Å². The average Bonchev–Trinajstić information content (AvgIpc) is 2.36. The summed E-state index contributed by atoms with van der Waals surface area (Å²) in [5, 5.41) is 0.